The maximum atomic E-state index is 12.5. The molecule has 1 fully saturated rings. The van der Waals surface area contributed by atoms with Crippen LogP contribution >= 0.6 is 0 Å². The number of carbonyl (C=O) groups is 3. The highest BCUT2D eigenvalue weighted by molar-refractivity contribution is 6.06. The van der Waals surface area contributed by atoms with Gasteiger partial charge in [-0.1, -0.05) is 12.1 Å². The van der Waals surface area contributed by atoms with Crippen LogP contribution in [0, 0.1) is 23.2 Å². The minimum absolute atomic E-state index is 0.237. The Balaban J connectivity index is 1.59. The molecule has 0 aliphatic heterocycles. The van der Waals surface area contributed by atoms with Gasteiger partial charge in [-0.3, -0.25) is 9.59 Å². The fourth-order valence-electron chi connectivity index (χ4n) is 2.84. The average molecular weight is 377 g/mol. The summed E-state index contributed by atoms with van der Waals surface area (Å²) in [7, 11) is 0. The van der Waals surface area contributed by atoms with Crippen molar-refractivity contribution in [1.82, 2.24) is 0 Å². The Labute approximate surface area is 162 Å². The molecule has 0 heterocycles. The third-order valence-electron chi connectivity index (χ3n) is 4.43. The Morgan fingerprint density at radius 1 is 1.04 bits per heavy atom. The van der Waals surface area contributed by atoms with Crippen LogP contribution in [0.5, 0.6) is 0 Å². The normalized spacial score (nSPS) is 17.1. The van der Waals surface area contributed by atoms with Gasteiger partial charge in [0.2, 0.25) is 11.8 Å². The summed E-state index contributed by atoms with van der Waals surface area (Å²) in [5.74, 6) is -1.94. The Morgan fingerprint density at radius 3 is 2.32 bits per heavy atom. The van der Waals surface area contributed by atoms with Crippen LogP contribution in [0.2, 0.25) is 0 Å². The minimum atomic E-state index is -0.510. The standard InChI is InChI=1S/C21H19N3O4/c1-2-28-21(27)15-5-3-4-6-18(15)24-20(26)17-11-16(17)19(25)23-14-9-7-13(12-22)8-10-14/h3-10,16-17H,2,11H2,1H3,(H,23,25)(H,24,26). The molecule has 1 aliphatic rings. The van der Waals surface area contributed by atoms with Gasteiger partial charge in [-0.2, -0.15) is 5.26 Å². The van der Waals surface area contributed by atoms with E-state index in [4.69, 9.17) is 10.00 Å². The highest BCUT2D eigenvalue weighted by atomic mass is 16.5. The van der Waals surface area contributed by atoms with Gasteiger partial charge in [0, 0.05) is 5.69 Å². The smallest absolute Gasteiger partial charge is 0.340 e. The van der Waals surface area contributed by atoms with Gasteiger partial charge >= 0.3 is 5.97 Å². The van der Waals surface area contributed by atoms with E-state index in [1.54, 1.807) is 55.5 Å². The average Bonchev–Trinajstić information content (AvgIpc) is 3.50. The molecule has 0 bridgehead atoms. The Hall–Kier alpha value is -3.66. The second-order valence-corrected chi connectivity index (χ2v) is 6.38. The molecular formula is C21H19N3O4. The third-order valence-corrected chi connectivity index (χ3v) is 4.43. The molecule has 0 saturated heterocycles. The van der Waals surface area contributed by atoms with E-state index in [9.17, 15) is 14.4 Å². The zero-order chi connectivity index (χ0) is 20.1. The Kier molecular flexibility index (Phi) is 5.70. The van der Waals surface area contributed by atoms with E-state index in [1.807, 2.05) is 6.07 Å². The lowest BCUT2D eigenvalue weighted by Gasteiger charge is -2.10. The molecule has 2 aromatic carbocycles. The van der Waals surface area contributed by atoms with Gasteiger partial charge in [-0.25, -0.2) is 4.79 Å². The summed E-state index contributed by atoms with van der Waals surface area (Å²) >= 11 is 0. The number of nitrogens with zero attached hydrogens (tertiary/aromatic N) is 1. The van der Waals surface area contributed by atoms with Gasteiger partial charge < -0.3 is 15.4 Å². The number of esters is 1. The van der Waals surface area contributed by atoms with E-state index >= 15 is 0 Å². The zero-order valence-corrected chi connectivity index (χ0v) is 15.3. The van der Waals surface area contributed by atoms with Gasteiger partial charge in [0.25, 0.3) is 0 Å². The predicted octanol–water partition coefficient (Wildman–Crippen LogP) is 2.95. The highest BCUT2D eigenvalue weighted by Gasteiger charge is 2.48. The Morgan fingerprint density at radius 2 is 1.68 bits per heavy atom. The third kappa shape index (κ3) is 4.35. The maximum absolute atomic E-state index is 12.5. The van der Waals surface area contributed by atoms with E-state index in [-0.39, 0.29) is 24.0 Å². The van der Waals surface area contributed by atoms with Crippen LogP contribution in [0.15, 0.2) is 48.5 Å². The summed E-state index contributed by atoms with van der Waals surface area (Å²) in [6.45, 7) is 1.95. The van der Waals surface area contributed by atoms with E-state index in [2.05, 4.69) is 10.6 Å². The molecule has 1 saturated carbocycles. The quantitative estimate of drug-likeness (QED) is 0.753. The number of rotatable bonds is 6. The van der Waals surface area contributed by atoms with Crippen molar-refractivity contribution in [1.29, 1.82) is 5.26 Å². The van der Waals surface area contributed by atoms with Crippen molar-refractivity contribution in [2.45, 2.75) is 13.3 Å². The largest absolute Gasteiger partial charge is 0.462 e. The first kappa shape index (κ1) is 19.1. The van der Waals surface area contributed by atoms with Crippen LogP contribution in [0.25, 0.3) is 0 Å². The lowest BCUT2D eigenvalue weighted by Crippen LogP contribution is -2.21. The van der Waals surface area contributed by atoms with Crippen LogP contribution in [0.1, 0.15) is 29.3 Å². The topological polar surface area (TPSA) is 108 Å². The van der Waals surface area contributed by atoms with Gasteiger partial charge in [0.05, 0.1) is 41.3 Å². The molecule has 142 valence electrons. The first-order valence-electron chi connectivity index (χ1n) is 8.91. The molecular weight excluding hydrogens is 358 g/mol. The van der Waals surface area contributed by atoms with E-state index in [0.717, 1.165) is 0 Å². The number of nitrogens with one attached hydrogen (secondary N) is 2. The molecule has 2 aromatic rings. The summed E-state index contributed by atoms with van der Waals surface area (Å²) in [4.78, 5) is 36.8. The number of para-hydroxylation sites is 1. The first-order chi connectivity index (χ1) is 13.5. The number of carbonyl (C=O) groups excluding carboxylic acids is 3. The molecule has 2 atom stereocenters. The molecule has 2 amide bonds. The van der Waals surface area contributed by atoms with Crippen molar-refractivity contribution < 1.29 is 19.1 Å². The number of anilines is 2. The molecule has 7 nitrogen and oxygen atoms in total. The van der Waals surface area contributed by atoms with Crippen molar-refractivity contribution in [2.75, 3.05) is 17.2 Å². The molecule has 1 aliphatic carbocycles. The van der Waals surface area contributed by atoms with Crippen LogP contribution in [-0.2, 0) is 14.3 Å². The van der Waals surface area contributed by atoms with Gasteiger partial charge in [0.1, 0.15) is 0 Å². The SMILES string of the molecule is CCOC(=O)c1ccccc1NC(=O)C1CC1C(=O)Nc1ccc(C#N)cc1. The number of benzene rings is 2. The molecule has 2 N–H and O–H groups in total. The van der Waals surface area contributed by atoms with E-state index in [0.29, 0.717) is 23.4 Å². The van der Waals surface area contributed by atoms with Crippen molar-refractivity contribution in [3.8, 4) is 6.07 Å². The molecule has 0 aromatic heterocycles. The van der Waals surface area contributed by atoms with Crippen molar-refractivity contribution in [2.24, 2.45) is 11.8 Å². The molecule has 0 radical (unpaired) electrons. The fourth-order valence-corrected chi connectivity index (χ4v) is 2.84. The second kappa shape index (κ2) is 8.35. The predicted molar refractivity (Wildman–Crippen MR) is 102 cm³/mol. The summed E-state index contributed by atoms with van der Waals surface area (Å²) in [5.41, 5.74) is 1.71. The number of hydrogen-bond donors (Lipinski definition) is 2. The van der Waals surface area contributed by atoms with Crippen LogP contribution in [0.3, 0.4) is 0 Å². The van der Waals surface area contributed by atoms with Gasteiger partial charge in [-0.05, 0) is 49.7 Å². The summed E-state index contributed by atoms with van der Waals surface area (Å²) in [5, 5.41) is 14.3. The maximum Gasteiger partial charge on any atom is 0.340 e. The van der Waals surface area contributed by atoms with Crippen molar-refractivity contribution in [3.05, 3.63) is 59.7 Å². The van der Waals surface area contributed by atoms with E-state index in [1.165, 1.54) is 0 Å². The number of hydrogen-bond acceptors (Lipinski definition) is 5. The number of amides is 2. The van der Waals surface area contributed by atoms with Gasteiger partial charge in [-0.15, -0.1) is 0 Å². The molecule has 28 heavy (non-hydrogen) atoms. The van der Waals surface area contributed by atoms with E-state index < -0.39 is 17.8 Å². The minimum Gasteiger partial charge on any atom is -0.462 e. The summed E-state index contributed by atoms with van der Waals surface area (Å²) < 4.78 is 4.99. The lowest BCUT2D eigenvalue weighted by atomic mass is 10.1. The summed E-state index contributed by atoms with van der Waals surface area (Å²) in [6.07, 6.45) is 0.440. The first-order valence-corrected chi connectivity index (χ1v) is 8.91. The monoisotopic (exact) mass is 377 g/mol. The number of ether oxygens (including phenoxy) is 1. The fraction of sp³-hybridized carbons (Fsp3) is 0.238. The van der Waals surface area contributed by atoms with Crippen LogP contribution in [0.4, 0.5) is 11.4 Å². The van der Waals surface area contributed by atoms with Crippen molar-refractivity contribution >= 4 is 29.2 Å². The Bertz CT molecular complexity index is 947. The highest BCUT2D eigenvalue weighted by Crippen LogP contribution is 2.40. The molecule has 7 heteroatoms. The molecule has 2 unspecified atom stereocenters. The van der Waals surface area contributed by atoms with Crippen molar-refractivity contribution in [3.63, 3.8) is 0 Å². The number of nitriles is 1. The zero-order valence-electron chi connectivity index (χ0n) is 15.3. The van der Waals surface area contributed by atoms with Crippen LogP contribution < -0.4 is 10.6 Å². The molecule has 0 spiro atoms. The summed E-state index contributed by atoms with van der Waals surface area (Å²) in [6, 6.07) is 15.1. The second-order valence-electron chi connectivity index (χ2n) is 6.38. The van der Waals surface area contributed by atoms with Gasteiger partial charge in [0.15, 0.2) is 0 Å². The lowest BCUT2D eigenvalue weighted by molar-refractivity contribution is -0.122. The van der Waals surface area contributed by atoms with Crippen LogP contribution in [-0.4, -0.2) is 24.4 Å². The molecule has 3 rings (SSSR count).